The SMILES string of the molecule is CCCCOc1ccc([C@@H]2/C(=C(\O)c3ccc4c(c3)C[C@@H](C)O4)C(=O)C(=O)N2CCCN(CC)CC)cc1OC. The Hall–Kier alpha value is -3.52. The number of carbonyl (C=O) groups excluding carboxylic acids is 2. The van der Waals surface area contributed by atoms with Gasteiger partial charge in [0.1, 0.15) is 17.6 Å². The lowest BCUT2D eigenvalue weighted by atomic mass is 9.94. The van der Waals surface area contributed by atoms with Crippen molar-refractivity contribution in [3.05, 3.63) is 58.7 Å². The van der Waals surface area contributed by atoms with Crippen LogP contribution < -0.4 is 14.2 Å². The molecular formula is C32H42N2O6. The molecule has 0 saturated carbocycles. The molecular weight excluding hydrogens is 508 g/mol. The maximum atomic E-state index is 13.5. The molecule has 1 amide bonds. The standard InChI is InChI=1S/C32H42N2O6/c1-6-9-17-39-26-14-11-22(20-27(26)38-5)29-28(30(35)23-12-13-25-24(19-23)18-21(4)40-25)31(36)32(37)34(29)16-10-15-33(7-2)8-3/h11-14,19-21,29,35H,6-10,15-18H2,1-5H3/b30-28+/t21-,29-/m1/s1. The third kappa shape index (κ3) is 6.12. The van der Waals surface area contributed by atoms with Crippen LogP contribution in [0, 0.1) is 0 Å². The zero-order chi connectivity index (χ0) is 28.8. The van der Waals surface area contributed by atoms with Gasteiger partial charge in [-0.05, 0) is 80.9 Å². The van der Waals surface area contributed by atoms with Crippen molar-refractivity contribution < 1.29 is 28.9 Å². The predicted octanol–water partition coefficient (Wildman–Crippen LogP) is 5.35. The molecule has 1 fully saturated rings. The van der Waals surface area contributed by atoms with Crippen LogP contribution in [0.3, 0.4) is 0 Å². The van der Waals surface area contributed by atoms with Gasteiger partial charge in [-0.2, -0.15) is 0 Å². The number of methoxy groups -OCH3 is 1. The lowest BCUT2D eigenvalue weighted by Gasteiger charge is -2.27. The number of hydrogen-bond acceptors (Lipinski definition) is 7. The first kappa shape index (κ1) is 29.5. The van der Waals surface area contributed by atoms with E-state index < -0.39 is 17.7 Å². The first-order chi connectivity index (χ1) is 19.3. The van der Waals surface area contributed by atoms with Gasteiger partial charge in [0, 0.05) is 18.5 Å². The summed E-state index contributed by atoms with van der Waals surface area (Å²) in [6.07, 6.45) is 3.40. The number of hydrogen-bond donors (Lipinski definition) is 1. The van der Waals surface area contributed by atoms with Gasteiger partial charge in [-0.3, -0.25) is 9.59 Å². The number of aliphatic hydroxyl groups is 1. The van der Waals surface area contributed by atoms with Gasteiger partial charge < -0.3 is 29.1 Å². The van der Waals surface area contributed by atoms with Gasteiger partial charge in [-0.15, -0.1) is 0 Å². The Kier molecular flexibility index (Phi) is 9.74. The van der Waals surface area contributed by atoms with E-state index in [4.69, 9.17) is 14.2 Å². The molecule has 8 nitrogen and oxygen atoms in total. The summed E-state index contributed by atoms with van der Waals surface area (Å²) >= 11 is 0. The average molecular weight is 551 g/mol. The molecule has 0 spiro atoms. The molecule has 2 aromatic rings. The molecule has 2 atom stereocenters. The summed E-state index contributed by atoms with van der Waals surface area (Å²) in [5.41, 5.74) is 2.23. The second-order valence-corrected chi connectivity index (χ2v) is 10.4. The van der Waals surface area contributed by atoms with E-state index in [-0.39, 0.29) is 17.4 Å². The van der Waals surface area contributed by atoms with Crippen LogP contribution in [0.5, 0.6) is 17.2 Å². The van der Waals surface area contributed by atoms with Crippen molar-refractivity contribution in [3.8, 4) is 17.2 Å². The first-order valence-corrected chi connectivity index (χ1v) is 14.4. The Morgan fingerprint density at radius 2 is 1.85 bits per heavy atom. The van der Waals surface area contributed by atoms with E-state index in [1.165, 1.54) is 0 Å². The number of aliphatic hydroxyl groups excluding tert-OH is 1. The van der Waals surface area contributed by atoms with Crippen LogP contribution in [-0.4, -0.2) is 72.6 Å². The molecule has 0 unspecified atom stereocenters. The van der Waals surface area contributed by atoms with Crippen LogP contribution in [0.4, 0.5) is 0 Å². The molecule has 216 valence electrons. The van der Waals surface area contributed by atoms with Crippen LogP contribution >= 0.6 is 0 Å². The first-order valence-electron chi connectivity index (χ1n) is 14.4. The van der Waals surface area contributed by atoms with E-state index in [1.807, 2.05) is 31.2 Å². The second-order valence-electron chi connectivity index (χ2n) is 10.4. The maximum Gasteiger partial charge on any atom is 0.295 e. The van der Waals surface area contributed by atoms with Gasteiger partial charge in [0.25, 0.3) is 11.7 Å². The Labute approximate surface area is 237 Å². The van der Waals surface area contributed by atoms with Crippen molar-refractivity contribution in [2.24, 2.45) is 0 Å². The number of amides is 1. The highest BCUT2D eigenvalue weighted by atomic mass is 16.5. The van der Waals surface area contributed by atoms with E-state index >= 15 is 0 Å². The highest BCUT2D eigenvalue weighted by Crippen LogP contribution is 2.43. The second kappa shape index (κ2) is 13.2. The molecule has 2 aliphatic heterocycles. The van der Waals surface area contributed by atoms with Crippen LogP contribution in [0.15, 0.2) is 42.0 Å². The number of unbranched alkanes of at least 4 members (excludes halogenated alkanes) is 1. The van der Waals surface area contributed by atoms with Crippen LogP contribution in [0.25, 0.3) is 5.76 Å². The number of nitrogens with zero attached hydrogens (tertiary/aromatic N) is 2. The van der Waals surface area contributed by atoms with E-state index in [9.17, 15) is 14.7 Å². The molecule has 2 heterocycles. The Morgan fingerprint density at radius 3 is 2.55 bits per heavy atom. The fourth-order valence-electron chi connectivity index (χ4n) is 5.49. The molecule has 40 heavy (non-hydrogen) atoms. The predicted molar refractivity (Wildman–Crippen MR) is 155 cm³/mol. The number of ether oxygens (including phenoxy) is 3. The monoisotopic (exact) mass is 550 g/mol. The number of likely N-dealkylation sites (tertiary alicyclic amines) is 1. The molecule has 0 aromatic heterocycles. The number of carbonyl (C=O) groups is 2. The topological polar surface area (TPSA) is 88.5 Å². The summed E-state index contributed by atoms with van der Waals surface area (Å²) in [6, 6.07) is 10.1. The number of fused-ring (bicyclic) bond motifs is 1. The zero-order valence-electron chi connectivity index (χ0n) is 24.4. The summed E-state index contributed by atoms with van der Waals surface area (Å²) in [4.78, 5) is 30.8. The van der Waals surface area contributed by atoms with Gasteiger partial charge in [0.15, 0.2) is 11.5 Å². The lowest BCUT2D eigenvalue weighted by Crippen LogP contribution is -2.33. The van der Waals surface area contributed by atoms with Gasteiger partial charge in [0.2, 0.25) is 0 Å². The summed E-state index contributed by atoms with van der Waals surface area (Å²) in [5, 5.41) is 11.5. The van der Waals surface area contributed by atoms with Gasteiger partial charge in [0.05, 0.1) is 25.3 Å². The Morgan fingerprint density at radius 1 is 1.07 bits per heavy atom. The fraction of sp³-hybridized carbons (Fsp3) is 0.500. The fourth-order valence-corrected chi connectivity index (χ4v) is 5.49. The summed E-state index contributed by atoms with van der Waals surface area (Å²) in [6.45, 7) is 11.9. The summed E-state index contributed by atoms with van der Waals surface area (Å²) < 4.78 is 17.4. The molecule has 1 N–H and O–H groups in total. The quantitative estimate of drug-likeness (QED) is 0.156. The molecule has 2 aromatic carbocycles. The number of benzene rings is 2. The highest BCUT2D eigenvalue weighted by molar-refractivity contribution is 6.46. The summed E-state index contributed by atoms with van der Waals surface area (Å²) in [5.74, 6) is 0.432. The molecule has 0 radical (unpaired) electrons. The molecule has 8 heteroatoms. The number of rotatable bonds is 13. The van der Waals surface area contributed by atoms with E-state index in [1.54, 1.807) is 24.1 Å². The normalized spacial score (nSPS) is 19.7. The zero-order valence-corrected chi connectivity index (χ0v) is 24.4. The van der Waals surface area contributed by atoms with Crippen LogP contribution in [0.1, 0.15) is 69.7 Å². The lowest BCUT2D eigenvalue weighted by molar-refractivity contribution is -0.140. The Balaban J connectivity index is 1.75. The minimum Gasteiger partial charge on any atom is -0.507 e. The third-order valence-electron chi connectivity index (χ3n) is 7.74. The number of ketones is 1. The Bertz CT molecular complexity index is 1250. The van der Waals surface area contributed by atoms with Crippen molar-refractivity contribution in [1.82, 2.24) is 9.80 Å². The number of Topliss-reactive ketones (excluding diaryl/α,β-unsaturated/α-hetero) is 1. The maximum absolute atomic E-state index is 13.5. The van der Waals surface area contributed by atoms with Gasteiger partial charge >= 0.3 is 0 Å². The largest absolute Gasteiger partial charge is 0.507 e. The highest BCUT2D eigenvalue weighted by Gasteiger charge is 2.46. The third-order valence-corrected chi connectivity index (χ3v) is 7.74. The smallest absolute Gasteiger partial charge is 0.295 e. The van der Waals surface area contributed by atoms with Crippen molar-refractivity contribution in [2.75, 3.05) is 39.9 Å². The van der Waals surface area contributed by atoms with Gasteiger partial charge in [-0.25, -0.2) is 0 Å². The van der Waals surface area contributed by atoms with E-state index in [0.29, 0.717) is 42.2 Å². The summed E-state index contributed by atoms with van der Waals surface area (Å²) in [7, 11) is 1.57. The minimum atomic E-state index is -0.751. The molecule has 0 aliphatic carbocycles. The van der Waals surface area contributed by atoms with Crippen molar-refractivity contribution >= 4 is 17.4 Å². The van der Waals surface area contributed by atoms with Gasteiger partial charge in [-0.1, -0.05) is 33.3 Å². The van der Waals surface area contributed by atoms with Crippen LogP contribution in [0.2, 0.25) is 0 Å². The minimum absolute atomic E-state index is 0.0503. The molecule has 4 rings (SSSR count). The van der Waals surface area contributed by atoms with E-state index in [0.717, 1.165) is 50.2 Å². The molecule has 1 saturated heterocycles. The van der Waals surface area contributed by atoms with E-state index in [2.05, 4.69) is 25.7 Å². The van der Waals surface area contributed by atoms with Crippen LogP contribution in [-0.2, 0) is 16.0 Å². The molecule has 2 aliphatic rings. The van der Waals surface area contributed by atoms with Crippen molar-refractivity contribution in [1.29, 1.82) is 0 Å². The van der Waals surface area contributed by atoms with Crippen molar-refractivity contribution in [3.63, 3.8) is 0 Å². The average Bonchev–Trinajstić information content (AvgIpc) is 3.46. The van der Waals surface area contributed by atoms with Crippen molar-refractivity contribution in [2.45, 2.75) is 65.5 Å². The molecule has 0 bridgehead atoms.